The molecule has 0 amide bonds. The predicted octanol–water partition coefficient (Wildman–Crippen LogP) is 4.45. The van der Waals surface area contributed by atoms with Crippen molar-refractivity contribution in [2.45, 2.75) is 13.3 Å². The molecule has 0 saturated heterocycles. The number of rotatable bonds is 7. The number of aliphatic carboxylic acids is 1. The van der Waals surface area contributed by atoms with Crippen molar-refractivity contribution in [3.8, 4) is 5.75 Å². The van der Waals surface area contributed by atoms with Crippen LogP contribution in [0.2, 0.25) is 0 Å². The maximum atomic E-state index is 11.2. The van der Waals surface area contributed by atoms with Crippen LogP contribution in [0, 0.1) is 0 Å². The van der Waals surface area contributed by atoms with Gasteiger partial charge in [0.2, 0.25) is 0 Å². The molecule has 2 aromatic carbocycles. The Hall–Kier alpha value is -3.34. The van der Waals surface area contributed by atoms with Crippen LogP contribution < -0.4 is 4.74 Å². The number of benzene rings is 2. The Balaban J connectivity index is 0.000000289. The van der Waals surface area contributed by atoms with Crippen LogP contribution >= 0.6 is 0 Å². The van der Waals surface area contributed by atoms with E-state index in [0.29, 0.717) is 6.61 Å². The van der Waals surface area contributed by atoms with Crippen molar-refractivity contribution in [3.05, 3.63) is 77.9 Å². The van der Waals surface area contributed by atoms with Gasteiger partial charge < -0.3 is 14.6 Å². The summed E-state index contributed by atoms with van der Waals surface area (Å²) in [5.41, 5.74) is 1.84. The summed E-state index contributed by atoms with van der Waals surface area (Å²) >= 11 is 0. The van der Waals surface area contributed by atoms with Gasteiger partial charge in [0.05, 0.1) is 13.7 Å². The summed E-state index contributed by atoms with van der Waals surface area (Å²) in [5.74, 6) is -0.433. The van der Waals surface area contributed by atoms with Crippen molar-refractivity contribution in [3.63, 3.8) is 0 Å². The zero-order chi connectivity index (χ0) is 19.9. The molecule has 0 saturated carbocycles. The minimum absolute atomic E-state index is 0.308. The van der Waals surface area contributed by atoms with Gasteiger partial charge in [-0.2, -0.15) is 0 Å². The number of hydrogen-bond donors (Lipinski definition) is 1. The Kier molecular flexibility index (Phi) is 10.4. The maximum Gasteiger partial charge on any atom is 0.330 e. The minimum atomic E-state index is -0.922. The first-order valence-electron chi connectivity index (χ1n) is 8.50. The number of hydrogen-bond acceptors (Lipinski definition) is 4. The number of carbonyl (C=O) groups excluding carboxylic acids is 1. The molecule has 5 nitrogen and oxygen atoms in total. The normalized spacial score (nSPS) is 10.3. The lowest BCUT2D eigenvalue weighted by Crippen LogP contribution is -2.00. The standard InChI is InChI=1S/C13H16O3.C9H8O2/c1-3-10-16-13(14)9-6-11-4-7-12(15-2)8-5-11;10-9(11)7-6-8-4-2-1-3-5-8/h4-9H,3,10H2,1-2H3;1-7H,(H,10,11)/b9-6+;. The molecule has 5 heteroatoms. The third-order valence-corrected chi connectivity index (χ3v) is 3.19. The monoisotopic (exact) mass is 368 g/mol. The summed E-state index contributed by atoms with van der Waals surface area (Å²) in [5, 5.41) is 8.29. The first-order valence-corrected chi connectivity index (χ1v) is 8.50. The molecule has 0 radical (unpaired) electrons. The summed E-state index contributed by atoms with van der Waals surface area (Å²) < 4.78 is 9.94. The van der Waals surface area contributed by atoms with Crippen LogP contribution in [-0.4, -0.2) is 30.8 Å². The smallest absolute Gasteiger partial charge is 0.330 e. The third-order valence-electron chi connectivity index (χ3n) is 3.19. The molecule has 2 aromatic rings. The van der Waals surface area contributed by atoms with Gasteiger partial charge in [-0.05, 0) is 41.8 Å². The molecule has 0 heterocycles. The van der Waals surface area contributed by atoms with Crippen molar-refractivity contribution in [2.24, 2.45) is 0 Å². The van der Waals surface area contributed by atoms with Crippen molar-refractivity contribution in [1.82, 2.24) is 0 Å². The van der Waals surface area contributed by atoms with E-state index in [1.54, 1.807) is 19.3 Å². The van der Waals surface area contributed by atoms with E-state index in [4.69, 9.17) is 14.6 Å². The van der Waals surface area contributed by atoms with Gasteiger partial charge in [0.25, 0.3) is 0 Å². The van der Waals surface area contributed by atoms with E-state index in [1.165, 1.54) is 6.08 Å². The van der Waals surface area contributed by atoms with Crippen LogP contribution in [0.3, 0.4) is 0 Å². The quantitative estimate of drug-likeness (QED) is 0.577. The molecule has 142 valence electrons. The lowest BCUT2D eigenvalue weighted by molar-refractivity contribution is -0.137. The molecule has 1 N–H and O–H groups in total. The highest BCUT2D eigenvalue weighted by Crippen LogP contribution is 2.12. The Morgan fingerprint density at radius 1 is 0.926 bits per heavy atom. The molecule has 0 bridgehead atoms. The molecule has 0 aromatic heterocycles. The molecule has 2 rings (SSSR count). The Morgan fingerprint density at radius 3 is 2.07 bits per heavy atom. The summed E-state index contributed by atoms with van der Waals surface area (Å²) in [7, 11) is 1.62. The van der Waals surface area contributed by atoms with Gasteiger partial charge in [0.1, 0.15) is 5.75 Å². The number of carboxylic acids is 1. The van der Waals surface area contributed by atoms with E-state index in [1.807, 2.05) is 61.5 Å². The van der Waals surface area contributed by atoms with Gasteiger partial charge in [-0.1, -0.05) is 49.4 Å². The topological polar surface area (TPSA) is 72.8 Å². The summed E-state index contributed by atoms with van der Waals surface area (Å²) in [4.78, 5) is 21.3. The molecule has 0 aliphatic heterocycles. The lowest BCUT2D eigenvalue weighted by Gasteiger charge is -1.99. The fraction of sp³-hybridized carbons (Fsp3) is 0.182. The molecule has 0 aliphatic carbocycles. The maximum absolute atomic E-state index is 11.2. The number of esters is 1. The molecule has 27 heavy (non-hydrogen) atoms. The Labute approximate surface area is 159 Å². The van der Waals surface area contributed by atoms with Gasteiger partial charge >= 0.3 is 11.9 Å². The van der Waals surface area contributed by atoms with E-state index < -0.39 is 5.97 Å². The lowest BCUT2D eigenvalue weighted by atomic mass is 10.2. The van der Waals surface area contributed by atoms with Crippen LogP contribution in [0.5, 0.6) is 5.75 Å². The van der Waals surface area contributed by atoms with Crippen molar-refractivity contribution >= 4 is 24.1 Å². The van der Waals surface area contributed by atoms with E-state index in [0.717, 1.165) is 29.4 Å². The summed E-state index contributed by atoms with van der Waals surface area (Å²) in [6.45, 7) is 2.42. The average molecular weight is 368 g/mol. The van der Waals surface area contributed by atoms with E-state index >= 15 is 0 Å². The zero-order valence-electron chi connectivity index (χ0n) is 15.5. The Bertz CT molecular complexity index is 746. The molecule has 0 unspecified atom stereocenters. The molecule has 0 aliphatic rings. The van der Waals surface area contributed by atoms with E-state index in [-0.39, 0.29) is 5.97 Å². The van der Waals surface area contributed by atoms with Gasteiger partial charge in [0, 0.05) is 12.2 Å². The summed E-state index contributed by atoms with van der Waals surface area (Å²) in [6, 6.07) is 16.7. The largest absolute Gasteiger partial charge is 0.497 e. The van der Waals surface area contributed by atoms with Gasteiger partial charge in [-0.25, -0.2) is 9.59 Å². The molecular formula is C22H24O5. The van der Waals surface area contributed by atoms with Crippen molar-refractivity contribution < 1.29 is 24.2 Å². The predicted molar refractivity (Wildman–Crippen MR) is 106 cm³/mol. The van der Waals surface area contributed by atoms with E-state index in [9.17, 15) is 9.59 Å². The van der Waals surface area contributed by atoms with Crippen molar-refractivity contribution in [2.75, 3.05) is 13.7 Å². The van der Waals surface area contributed by atoms with Crippen LogP contribution in [0.15, 0.2) is 66.7 Å². The highest BCUT2D eigenvalue weighted by Gasteiger charge is 1.95. The highest BCUT2D eigenvalue weighted by atomic mass is 16.5. The zero-order valence-corrected chi connectivity index (χ0v) is 15.5. The second-order valence-corrected chi connectivity index (χ2v) is 5.36. The second kappa shape index (κ2) is 12.9. The molecule has 0 atom stereocenters. The average Bonchev–Trinajstić information content (AvgIpc) is 2.70. The number of carbonyl (C=O) groups is 2. The van der Waals surface area contributed by atoms with Crippen LogP contribution in [-0.2, 0) is 14.3 Å². The van der Waals surface area contributed by atoms with Crippen LogP contribution in [0.4, 0.5) is 0 Å². The van der Waals surface area contributed by atoms with Gasteiger partial charge in [-0.3, -0.25) is 0 Å². The first kappa shape index (κ1) is 21.7. The SMILES string of the molecule is CCCOC(=O)/C=C/c1ccc(OC)cc1.O=C(O)C=Cc1ccccc1. The third kappa shape index (κ3) is 10.3. The molecule has 0 spiro atoms. The fourth-order valence-corrected chi connectivity index (χ4v) is 1.86. The Morgan fingerprint density at radius 2 is 1.52 bits per heavy atom. The number of ether oxygens (including phenoxy) is 2. The van der Waals surface area contributed by atoms with Gasteiger partial charge in [-0.15, -0.1) is 0 Å². The molecular weight excluding hydrogens is 344 g/mol. The minimum Gasteiger partial charge on any atom is -0.497 e. The second-order valence-electron chi connectivity index (χ2n) is 5.36. The van der Waals surface area contributed by atoms with E-state index in [2.05, 4.69) is 0 Å². The number of carboxylic acid groups (broad SMARTS) is 1. The first-order chi connectivity index (χ1) is 13.0. The molecule has 0 fully saturated rings. The van der Waals surface area contributed by atoms with Crippen LogP contribution in [0.25, 0.3) is 12.2 Å². The van der Waals surface area contributed by atoms with Crippen LogP contribution in [0.1, 0.15) is 24.5 Å². The number of methoxy groups -OCH3 is 1. The summed E-state index contributed by atoms with van der Waals surface area (Å²) in [6.07, 6.45) is 6.66. The van der Waals surface area contributed by atoms with Crippen molar-refractivity contribution in [1.29, 1.82) is 0 Å². The van der Waals surface area contributed by atoms with Gasteiger partial charge in [0.15, 0.2) is 0 Å². The fourth-order valence-electron chi connectivity index (χ4n) is 1.86. The highest BCUT2D eigenvalue weighted by molar-refractivity contribution is 5.87.